The summed E-state index contributed by atoms with van der Waals surface area (Å²) in [6.07, 6.45) is 6.27. The summed E-state index contributed by atoms with van der Waals surface area (Å²) < 4.78 is 5.51. The highest BCUT2D eigenvalue weighted by Gasteiger charge is 2.42. The van der Waals surface area contributed by atoms with E-state index in [9.17, 15) is 4.79 Å². The number of hydrogen-bond donors (Lipinski definition) is 1. The first-order valence-corrected chi connectivity index (χ1v) is 7.57. The molecule has 0 aromatic carbocycles. The number of hydrogen-bond acceptors (Lipinski definition) is 2. The topological polar surface area (TPSA) is 42.2 Å². The minimum atomic E-state index is -0.0602. The number of furan rings is 1. The maximum absolute atomic E-state index is 12.1. The molecule has 1 heterocycles. The van der Waals surface area contributed by atoms with Gasteiger partial charge in [-0.1, -0.05) is 13.3 Å². The molecular weight excluding hydrogens is 238 g/mol. The standard InChI is InChI=1S/C16H23NO2/c1-3-13-6-7-15(19-13)16(18)17-10(2)14-9-11-4-5-12(14)8-11/h6-7,10-12,14H,3-5,8-9H2,1-2H3,(H,17,18). The average molecular weight is 261 g/mol. The molecule has 2 fully saturated rings. The van der Waals surface area contributed by atoms with Crippen LogP contribution >= 0.6 is 0 Å². The third-order valence-corrected chi connectivity index (χ3v) is 5.03. The Morgan fingerprint density at radius 1 is 1.42 bits per heavy atom. The van der Waals surface area contributed by atoms with Gasteiger partial charge in [-0.3, -0.25) is 4.79 Å². The second kappa shape index (κ2) is 5.03. The lowest BCUT2D eigenvalue weighted by molar-refractivity contribution is 0.0885. The quantitative estimate of drug-likeness (QED) is 0.902. The monoisotopic (exact) mass is 261 g/mol. The molecule has 1 aromatic heterocycles. The minimum absolute atomic E-state index is 0.0602. The zero-order valence-electron chi connectivity index (χ0n) is 11.8. The van der Waals surface area contributed by atoms with Crippen molar-refractivity contribution in [3.8, 4) is 0 Å². The lowest BCUT2D eigenvalue weighted by Crippen LogP contribution is -2.39. The van der Waals surface area contributed by atoms with E-state index in [1.807, 2.05) is 13.0 Å². The number of rotatable bonds is 4. The van der Waals surface area contributed by atoms with Crippen molar-refractivity contribution in [3.05, 3.63) is 23.7 Å². The van der Waals surface area contributed by atoms with Crippen molar-refractivity contribution in [3.63, 3.8) is 0 Å². The molecule has 2 bridgehead atoms. The summed E-state index contributed by atoms with van der Waals surface area (Å²) in [5, 5.41) is 3.13. The molecule has 0 radical (unpaired) electrons. The van der Waals surface area contributed by atoms with Crippen LogP contribution in [0, 0.1) is 17.8 Å². The predicted molar refractivity (Wildman–Crippen MR) is 74.0 cm³/mol. The van der Waals surface area contributed by atoms with Gasteiger partial charge in [0.05, 0.1) is 0 Å². The van der Waals surface area contributed by atoms with Crippen LogP contribution in [-0.4, -0.2) is 11.9 Å². The van der Waals surface area contributed by atoms with Crippen LogP contribution in [0.15, 0.2) is 16.5 Å². The zero-order valence-corrected chi connectivity index (χ0v) is 11.8. The van der Waals surface area contributed by atoms with E-state index in [0.717, 1.165) is 24.0 Å². The van der Waals surface area contributed by atoms with Gasteiger partial charge in [0.1, 0.15) is 5.76 Å². The number of carbonyl (C=O) groups excluding carboxylic acids is 1. The number of fused-ring (bicyclic) bond motifs is 2. The molecular formula is C16H23NO2. The maximum atomic E-state index is 12.1. The summed E-state index contributed by atoms with van der Waals surface area (Å²) in [5.41, 5.74) is 0. The van der Waals surface area contributed by atoms with Gasteiger partial charge in [-0.25, -0.2) is 0 Å². The molecule has 3 nitrogen and oxygen atoms in total. The fourth-order valence-electron chi connectivity index (χ4n) is 3.98. The van der Waals surface area contributed by atoms with Crippen molar-refractivity contribution in [2.75, 3.05) is 0 Å². The Labute approximate surface area is 114 Å². The first kappa shape index (κ1) is 12.8. The second-order valence-electron chi connectivity index (χ2n) is 6.22. The summed E-state index contributed by atoms with van der Waals surface area (Å²) in [6.45, 7) is 4.17. The predicted octanol–water partition coefficient (Wildman–Crippen LogP) is 3.40. The summed E-state index contributed by atoms with van der Waals surface area (Å²) in [4.78, 5) is 12.1. The van der Waals surface area contributed by atoms with Crippen molar-refractivity contribution >= 4 is 5.91 Å². The molecule has 1 aromatic rings. The van der Waals surface area contributed by atoms with E-state index in [1.54, 1.807) is 6.07 Å². The Hall–Kier alpha value is -1.25. The summed E-state index contributed by atoms with van der Waals surface area (Å²) in [6, 6.07) is 3.93. The van der Waals surface area contributed by atoms with Crippen LogP contribution < -0.4 is 5.32 Å². The molecule has 0 aliphatic heterocycles. The largest absolute Gasteiger partial charge is 0.456 e. The Morgan fingerprint density at radius 3 is 2.84 bits per heavy atom. The Kier molecular flexibility index (Phi) is 3.38. The third kappa shape index (κ3) is 2.43. The fourth-order valence-corrected chi connectivity index (χ4v) is 3.98. The van der Waals surface area contributed by atoms with Crippen LogP contribution in [0.1, 0.15) is 55.8 Å². The smallest absolute Gasteiger partial charge is 0.287 e. The van der Waals surface area contributed by atoms with Crippen molar-refractivity contribution in [2.24, 2.45) is 17.8 Å². The molecule has 0 saturated heterocycles. The van der Waals surface area contributed by atoms with E-state index in [2.05, 4.69) is 12.2 Å². The van der Waals surface area contributed by atoms with Crippen molar-refractivity contribution < 1.29 is 9.21 Å². The molecule has 0 spiro atoms. The van der Waals surface area contributed by atoms with Crippen molar-refractivity contribution in [1.29, 1.82) is 0 Å². The second-order valence-corrected chi connectivity index (χ2v) is 6.22. The normalized spacial score (nSPS) is 30.5. The number of carbonyl (C=O) groups is 1. The van der Waals surface area contributed by atoms with Gasteiger partial charge in [0, 0.05) is 12.5 Å². The number of amides is 1. The Morgan fingerprint density at radius 2 is 2.26 bits per heavy atom. The fraction of sp³-hybridized carbons (Fsp3) is 0.688. The Bertz CT molecular complexity index is 465. The number of aryl methyl sites for hydroxylation is 1. The van der Waals surface area contributed by atoms with E-state index in [4.69, 9.17) is 4.42 Å². The highest BCUT2D eigenvalue weighted by Crippen LogP contribution is 2.49. The van der Waals surface area contributed by atoms with Gasteiger partial charge >= 0.3 is 0 Å². The lowest BCUT2D eigenvalue weighted by Gasteiger charge is -2.28. The van der Waals surface area contributed by atoms with E-state index in [1.165, 1.54) is 25.7 Å². The highest BCUT2D eigenvalue weighted by molar-refractivity contribution is 5.91. The van der Waals surface area contributed by atoms with Gasteiger partial charge < -0.3 is 9.73 Å². The lowest BCUT2D eigenvalue weighted by atomic mass is 9.84. The SMILES string of the molecule is CCc1ccc(C(=O)NC(C)C2CC3CCC2C3)o1. The molecule has 3 rings (SSSR count). The van der Waals surface area contributed by atoms with E-state index < -0.39 is 0 Å². The van der Waals surface area contributed by atoms with Gasteiger partial charge in [-0.15, -0.1) is 0 Å². The molecule has 4 atom stereocenters. The van der Waals surface area contributed by atoms with Gasteiger partial charge in [0.25, 0.3) is 5.91 Å². The minimum Gasteiger partial charge on any atom is -0.456 e. The molecule has 2 saturated carbocycles. The molecule has 2 aliphatic rings. The molecule has 3 heteroatoms. The van der Waals surface area contributed by atoms with Crippen LogP contribution in [0.5, 0.6) is 0 Å². The van der Waals surface area contributed by atoms with E-state index in [0.29, 0.717) is 11.7 Å². The molecule has 19 heavy (non-hydrogen) atoms. The van der Waals surface area contributed by atoms with Crippen LogP contribution in [0.3, 0.4) is 0 Å². The molecule has 4 unspecified atom stereocenters. The van der Waals surface area contributed by atoms with Gasteiger partial charge in [0.2, 0.25) is 0 Å². The van der Waals surface area contributed by atoms with Crippen LogP contribution in [-0.2, 0) is 6.42 Å². The van der Waals surface area contributed by atoms with Gasteiger partial charge in [0.15, 0.2) is 5.76 Å². The summed E-state index contributed by atoms with van der Waals surface area (Å²) >= 11 is 0. The first-order chi connectivity index (χ1) is 9.17. The molecule has 2 aliphatic carbocycles. The summed E-state index contributed by atoms with van der Waals surface area (Å²) in [7, 11) is 0. The third-order valence-electron chi connectivity index (χ3n) is 5.03. The van der Waals surface area contributed by atoms with Crippen LogP contribution in [0.25, 0.3) is 0 Å². The van der Waals surface area contributed by atoms with Gasteiger partial charge in [-0.2, -0.15) is 0 Å². The molecule has 1 amide bonds. The summed E-state index contributed by atoms with van der Waals surface area (Å²) in [5.74, 6) is 3.69. The highest BCUT2D eigenvalue weighted by atomic mass is 16.3. The van der Waals surface area contributed by atoms with Crippen molar-refractivity contribution in [1.82, 2.24) is 5.32 Å². The van der Waals surface area contributed by atoms with Crippen LogP contribution in [0.2, 0.25) is 0 Å². The average Bonchev–Trinajstić information content (AvgIpc) is 3.13. The number of nitrogens with one attached hydrogen (secondary N) is 1. The van der Waals surface area contributed by atoms with E-state index >= 15 is 0 Å². The maximum Gasteiger partial charge on any atom is 0.287 e. The first-order valence-electron chi connectivity index (χ1n) is 7.57. The van der Waals surface area contributed by atoms with Crippen molar-refractivity contribution in [2.45, 2.75) is 52.0 Å². The van der Waals surface area contributed by atoms with Gasteiger partial charge in [-0.05, 0) is 56.1 Å². The Balaban J connectivity index is 1.60. The molecule has 1 N–H and O–H groups in total. The van der Waals surface area contributed by atoms with Crippen LogP contribution in [0.4, 0.5) is 0 Å². The molecule has 104 valence electrons. The zero-order chi connectivity index (χ0) is 13.4. The van der Waals surface area contributed by atoms with E-state index in [-0.39, 0.29) is 11.9 Å².